The van der Waals surface area contributed by atoms with Gasteiger partial charge in [0.15, 0.2) is 5.78 Å². The summed E-state index contributed by atoms with van der Waals surface area (Å²) in [5.41, 5.74) is 2.03. The molecule has 0 radical (unpaired) electrons. The second-order valence-electron chi connectivity index (χ2n) is 9.04. The molecule has 2 aliphatic rings. The van der Waals surface area contributed by atoms with Crippen LogP contribution < -0.4 is 9.47 Å². The van der Waals surface area contributed by atoms with E-state index in [1.54, 1.807) is 42.5 Å². The van der Waals surface area contributed by atoms with Crippen molar-refractivity contribution >= 4 is 17.5 Å². The number of rotatable bonds is 8. The SMILES string of the molecule is CCCOc1ccc(C2C(C(=O)c3ccc4c(c3)CC(C)O4)C(=O)C(=O)N2Cc2ccco2)cc1. The highest BCUT2D eigenvalue weighted by molar-refractivity contribution is 6.44. The van der Waals surface area contributed by atoms with Crippen LogP contribution in [0.15, 0.2) is 65.3 Å². The molecule has 35 heavy (non-hydrogen) atoms. The molecule has 0 saturated carbocycles. The summed E-state index contributed by atoms with van der Waals surface area (Å²) < 4.78 is 16.9. The van der Waals surface area contributed by atoms with Crippen molar-refractivity contribution in [2.75, 3.05) is 6.61 Å². The molecule has 7 heteroatoms. The van der Waals surface area contributed by atoms with Crippen LogP contribution in [0.25, 0.3) is 0 Å². The summed E-state index contributed by atoms with van der Waals surface area (Å²) in [7, 11) is 0. The number of hydrogen-bond donors (Lipinski definition) is 0. The highest BCUT2D eigenvalue weighted by atomic mass is 16.5. The number of furan rings is 1. The molecule has 7 nitrogen and oxygen atoms in total. The Labute approximate surface area is 203 Å². The molecule has 0 bridgehead atoms. The van der Waals surface area contributed by atoms with Crippen molar-refractivity contribution in [3.63, 3.8) is 0 Å². The lowest BCUT2D eigenvalue weighted by Crippen LogP contribution is -2.30. The van der Waals surface area contributed by atoms with Gasteiger partial charge < -0.3 is 18.8 Å². The van der Waals surface area contributed by atoms with Gasteiger partial charge in [0.05, 0.1) is 25.5 Å². The van der Waals surface area contributed by atoms with Gasteiger partial charge in [0.25, 0.3) is 5.91 Å². The Morgan fingerprint density at radius 3 is 2.63 bits per heavy atom. The predicted molar refractivity (Wildman–Crippen MR) is 127 cm³/mol. The number of carbonyl (C=O) groups excluding carboxylic acids is 3. The topological polar surface area (TPSA) is 86.0 Å². The van der Waals surface area contributed by atoms with Gasteiger partial charge in [0, 0.05) is 12.0 Å². The van der Waals surface area contributed by atoms with Crippen LogP contribution in [0.1, 0.15) is 53.6 Å². The zero-order valence-corrected chi connectivity index (χ0v) is 19.7. The minimum absolute atomic E-state index is 0.0371. The standard InChI is InChI=1S/C28H27NO6/c1-3-12-33-21-9-6-18(7-10-21)25-24(27(31)28(32)29(25)16-22-5-4-13-34-22)26(30)19-8-11-23-20(15-19)14-17(2)35-23/h4-11,13,15,17,24-25H,3,12,14,16H2,1-2H3. The summed E-state index contributed by atoms with van der Waals surface area (Å²) >= 11 is 0. The molecule has 1 aromatic heterocycles. The molecule has 0 aliphatic carbocycles. The molecular formula is C28H27NO6. The van der Waals surface area contributed by atoms with E-state index in [0.29, 0.717) is 35.7 Å². The van der Waals surface area contributed by atoms with E-state index in [1.165, 1.54) is 11.2 Å². The van der Waals surface area contributed by atoms with E-state index in [9.17, 15) is 14.4 Å². The average molecular weight is 474 g/mol. The number of nitrogens with zero attached hydrogens (tertiary/aromatic N) is 1. The van der Waals surface area contributed by atoms with Gasteiger partial charge in [-0.2, -0.15) is 0 Å². The number of Topliss-reactive ketones (excluding diaryl/α,β-unsaturated/α-hetero) is 2. The van der Waals surface area contributed by atoms with Gasteiger partial charge in [-0.1, -0.05) is 19.1 Å². The van der Waals surface area contributed by atoms with Crippen molar-refractivity contribution in [2.45, 2.75) is 45.4 Å². The molecule has 2 aromatic carbocycles. The normalized spacial score (nSPS) is 21.2. The van der Waals surface area contributed by atoms with Crippen LogP contribution in [-0.2, 0) is 22.6 Å². The zero-order valence-electron chi connectivity index (χ0n) is 19.7. The Kier molecular flexibility index (Phi) is 6.16. The van der Waals surface area contributed by atoms with Crippen molar-refractivity contribution < 1.29 is 28.3 Å². The molecule has 0 N–H and O–H groups in total. The Morgan fingerprint density at radius 1 is 1.11 bits per heavy atom. The van der Waals surface area contributed by atoms with E-state index >= 15 is 0 Å². The Morgan fingerprint density at radius 2 is 1.91 bits per heavy atom. The summed E-state index contributed by atoms with van der Waals surface area (Å²) in [5, 5.41) is 0. The summed E-state index contributed by atoms with van der Waals surface area (Å²) in [5.74, 6) is -0.935. The van der Waals surface area contributed by atoms with E-state index in [2.05, 4.69) is 0 Å². The molecule has 1 fully saturated rings. The number of benzene rings is 2. The van der Waals surface area contributed by atoms with Crippen molar-refractivity contribution in [1.82, 2.24) is 4.90 Å². The number of amides is 1. The fourth-order valence-corrected chi connectivity index (χ4v) is 4.84. The van der Waals surface area contributed by atoms with Crippen LogP contribution >= 0.6 is 0 Å². The summed E-state index contributed by atoms with van der Waals surface area (Å²) in [6.07, 6.45) is 3.13. The summed E-state index contributed by atoms with van der Waals surface area (Å²) in [4.78, 5) is 41.6. The third-order valence-electron chi connectivity index (χ3n) is 6.47. The smallest absolute Gasteiger partial charge is 0.291 e. The van der Waals surface area contributed by atoms with Gasteiger partial charge in [-0.25, -0.2) is 0 Å². The Hall–Kier alpha value is -3.87. The highest BCUT2D eigenvalue weighted by Gasteiger charge is 2.52. The van der Waals surface area contributed by atoms with Crippen LogP contribution in [0, 0.1) is 5.92 Å². The zero-order chi connectivity index (χ0) is 24.5. The van der Waals surface area contributed by atoms with Gasteiger partial charge in [-0.05, 0) is 66.9 Å². The van der Waals surface area contributed by atoms with Gasteiger partial charge in [0.2, 0.25) is 5.78 Å². The van der Waals surface area contributed by atoms with Crippen molar-refractivity contribution in [1.29, 1.82) is 0 Å². The average Bonchev–Trinajstić information content (AvgIpc) is 3.57. The van der Waals surface area contributed by atoms with Crippen LogP contribution in [0.2, 0.25) is 0 Å². The molecule has 3 heterocycles. The molecule has 3 aromatic rings. The molecule has 5 rings (SSSR count). The molecular weight excluding hydrogens is 446 g/mol. The Balaban J connectivity index is 1.51. The van der Waals surface area contributed by atoms with Crippen LogP contribution in [-0.4, -0.2) is 35.1 Å². The van der Waals surface area contributed by atoms with E-state index in [-0.39, 0.29) is 18.4 Å². The minimum atomic E-state index is -1.15. The molecule has 3 unspecified atom stereocenters. The first-order chi connectivity index (χ1) is 17.0. The molecule has 180 valence electrons. The van der Waals surface area contributed by atoms with Gasteiger partial charge in [-0.3, -0.25) is 14.4 Å². The molecule has 1 saturated heterocycles. The monoisotopic (exact) mass is 473 g/mol. The van der Waals surface area contributed by atoms with Crippen molar-refractivity contribution in [2.24, 2.45) is 5.92 Å². The third-order valence-corrected chi connectivity index (χ3v) is 6.47. The molecule has 0 spiro atoms. The van der Waals surface area contributed by atoms with E-state index in [4.69, 9.17) is 13.9 Å². The second-order valence-corrected chi connectivity index (χ2v) is 9.04. The molecule has 3 atom stereocenters. The summed E-state index contributed by atoms with van der Waals surface area (Å²) in [6.45, 7) is 4.68. The van der Waals surface area contributed by atoms with Gasteiger partial charge in [-0.15, -0.1) is 0 Å². The van der Waals surface area contributed by atoms with Crippen molar-refractivity contribution in [3.05, 3.63) is 83.3 Å². The highest BCUT2D eigenvalue weighted by Crippen LogP contribution is 2.40. The van der Waals surface area contributed by atoms with E-state index in [1.807, 2.05) is 26.0 Å². The van der Waals surface area contributed by atoms with E-state index < -0.39 is 23.7 Å². The number of hydrogen-bond acceptors (Lipinski definition) is 6. The second kappa shape index (κ2) is 9.41. The maximum Gasteiger partial charge on any atom is 0.291 e. The third kappa shape index (κ3) is 4.34. The summed E-state index contributed by atoms with van der Waals surface area (Å²) in [6, 6.07) is 15.2. The fourth-order valence-electron chi connectivity index (χ4n) is 4.84. The minimum Gasteiger partial charge on any atom is -0.494 e. The van der Waals surface area contributed by atoms with Crippen molar-refractivity contribution in [3.8, 4) is 11.5 Å². The number of likely N-dealkylation sites (tertiary alicyclic amines) is 1. The first-order valence-corrected chi connectivity index (χ1v) is 11.9. The lowest BCUT2D eigenvalue weighted by Gasteiger charge is -2.26. The Bertz CT molecular complexity index is 1250. The van der Waals surface area contributed by atoms with Gasteiger partial charge >= 0.3 is 0 Å². The largest absolute Gasteiger partial charge is 0.494 e. The fraction of sp³-hybridized carbons (Fsp3) is 0.321. The predicted octanol–water partition coefficient (Wildman–Crippen LogP) is 4.54. The number of carbonyl (C=O) groups is 3. The lowest BCUT2D eigenvalue weighted by atomic mass is 9.85. The molecule has 1 amide bonds. The van der Waals surface area contributed by atoms with Crippen LogP contribution in [0.5, 0.6) is 11.5 Å². The number of ketones is 2. The number of ether oxygens (including phenoxy) is 2. The lowest BCUT2D eigenvalue weighted by molar-refractivity contribution is -0.141. The quantitative estimate of drug-likeness (QED) is 0.271. The van der Waals surface area contributed by atoms with Gasteiger partial charge in [0.1, 0.15) is 29.3 Å². The number of fused-ring (bicyclic) bond motifs is 1. The maximum absolute atomic E-state index is 13.7. The van der Waals surface area contributed by atoms with E-state index in [0.717, 1.165) is 17.7 Å². The maximum atomic E-state index is 13.7. The van der Waals surface area contributed by atoms with Crippen LogP contribution in [0.4, 0.5) is 0 Å². The first-order valence-electron chi connectivity index (χ1n) is 11.9. The van der Waals surface area contributed by atoms with Crippen LogP contribution in [0.3, 0.4) is 0 Å². The first kappa shape index (κ1) is 22.9. The molecule has 2 aliphatic heterocycles.